The summed E-state index contributed by atoms with van der Waals surface area (Å²) in [5.41, 5.74) is -0.638. The molecule has 0 aliphatic heterocycles. The minimum Gasteiger partial charge on any atom is -0.340 e. The van der Waals surface area contributed by atoms with Crippen LogP contribution < -0.4 is 5.32 Å². The number of hydrogen-bond donors (Lipinski definition) is 2. The fourth-order valence-corrected chi connectivity index (χ4v) is 7.32. The van der Waals surface area contributed by atoms with Crippen LogP contribution in [0.25, 0.3) is 21.9 Å². The standard InChI is InChI=1S/C29H28F3N5O2S/c1-5-19-7-6-13-27(3,16-19)40(38,39)37-14-12-21-22(10-8-18(2)25(21)37)28(34-4,29(30,31)32)26-35-23-11-9-20(17-33)15-24(23)36-26/h6-12,14-16,34H,5,13H2,1-4H3,(H,35,36). The van der Waals surface area contributed by atoms with Crippen molar-refractivity contribution < 1.29 is 21.6 Å². The van der Waals surface area contributed by atoms with Crippen molar-refractivity contribution in [3.63, 3.8) is 0 Å². The minimum atomic E-state index is -4.89. The van der Waals surface area contributed by atoms with E-state index in [2.05, 4.69) is 15.3 Å². The van der Waals surface area contributed by atoms with Gasteiger partial charge in [-0.2, -0.15) is 18.4 Å². The first-order valence-electron chi connectivity index (χ1n) is 12.7. The van der Waals surface area contributed by atoms with Crippen molar-refractivity contribution in [2.24, 2.45) is 0 Å². The number of H-pyrrole nitrogens is 1. The average molecular weight is 568 g/mol. The highest BCUT2D eigenvalue weighted by molar-refractivity contribution is 7.91. The van der Waals surface area contributed by atoms with Crippen molar-refractivity contribution in [2.45, 2.75) is 50.1 Å². The molecule has 0 spiro atoms. The van der Waals surface area contributed by atoms with Crippen molar-refractivity contribution >= 4 is 32.0 Å². The van der Waals surface area contributed by atoms with E-state index in [1.165, 1.54) is 49.6 Å². The summed E-state index contributed by atoms with van der Waals surface area (Å²) in [6, 6.07) is 10.6. The summed E-state index contributed by atoms with van der Waals surface area (Å²) in [6.45, 7) is 5.24. The summed E-state index contributed by atoms with van der Waals surface area (Å²) in [5, 5.41) is 11.8. The lowest BCUT2D eigenvalue weighted by molar-refractivity contribution is -0.187. The number of allylic oxidation sites excluding steroid dienone is 3. The smallest absolute Gasteiger partial charge is 0.340 e. The van der Waals surface area contributed by atoms with Crippen LogP contribution in [0.15, 0.2) is 66.4 Å². The van der Waals surface area contributed by atoms with E-state index >= 15 is 13.2 Å². The molecule has 2 unspecified atom stereocenters. The predicted octanol–water partition coefficient (Wildman–Crippen LogP) is 5.96. The summed E-state index contributed by atoms with van der Waals surface area (Å²) in [5.74, 6) is -0.423. The van der Waals surface area contributed by atoms with E-state index < -0.39 is 32.3 Å². The van der Waals surface area contributed by atoms with E-state index in [-0.39, 0.29) is 39.5 Å². The molecule has 2 heterocycles. The zero-order valence-corrected chi connectivity index (χ0v) is 23.2. The van der Waals surface area contributed by atoms with Gasteiger partial charge in [-0.3, -0.25) is 5.32 Å². The molecule has 0 bridgehead atoms. The van der Waals surface area contributed by atoms with Crippen LogP contribution in [0, 0.1) is 18.3 Å². The van der Waals surface area contributed by atoms with Crippen molar-refractivity contribution in [1.29, 1.82) is 5.26 Å². The van der Waals surface area contributed by atoms with Gasteiger partial charge >= 0.3 is 6.18 Å². The highest BCUT2D eigenvalue weighted by Crippen LogP contribution is 2.47. The van der Waals surface area contributed by atoms with E-state index in [1.54, 1.807) is 19.9 Å². The summed E-state index contributed by atoms with van der Waals surface area (Å²) in [4.78, 5) is 7.04. The number of nitriles is 1. The van der Waals surface area contributed by atoms with Gasteiger partial charge in [-0.25, -0.2) is 17.4 Å². The molecule has 2 aromatic carbocycles. The number of benzene rings is 2. The van der Waals surface area contributed by atoms with Crippen LogP contribution in [-0.4, -0.2) is 40.3 Å². The number of aromatic amines is 1. The summed E-state index contributed by atoms with van der Waals surface area (Å²) in [6.07, 6.45) is 2.76. The van der Waals surface area contributed by atoms with Crippen molar-refractivity contribution in [1.82, 2.24) is 19.3 Å². The quantitative estimate of drug-likeness (QED) is 0.300. The molecule has 11 heteroatoms. The Labute approximate surface area is 230 Å². The van der Waals surface area contributed by atoms with Crippen molar-refractivity contribution in [2.75, 3.05) is 7.05 Å². The Hall–Kier alpha value is -3.88. The third-order valence-electron chi connectivity index (χ3n) is 7.79. The van der Waals surface area contributed by atoms with Gasteiger partial charge in [-0.1, -0.05) is 42.9 Å². The second-order valence-corrected chi connectivity index (χ2v) is 12.5. The van der Waals surface area contributed by atoms with Crippen molar-refractivity contribution in [3.05, 3.63) is 88.9 Å². The van der Waals surface area contributed by atoms with E-state index in [4.69, 9.17) is 0 Å². The van der Waals surface area contributed by atoms with Crippen LogP contribution in [0.5, 0.6) is 0 Å². The molecule has 2 atom stereocenters. The highest BCUT2D eigenvalue weighted by Gasteiger charge is 2.59. The summed E-state index contributed by atoms with van der Waals surface area (Å²) < 4.78 is 73.6. The molecule has 0 radical (unpaired) electrons. The number of hydrogen-bond acceptors (Lipinski definition) is 5. The SMILES string of the molecule is CCC1=CC(C)(S(=O)(=O)n2ccc3c(C(NC)(c4nc5ccc(C#N)cc5[nH]4)C(F)(F)F)ccc(C)c32)CC=C1. The maximum atomic E-state index is 15.2. The molecule has 40 heavy (non-hydrogen) atoms. The molecule has 7 nitrogen and oxygen atoms in total. The van der Waals surface area contributed by atoms with Crippen LogP contribution in [0.4, 0.5) is 13.2 Å². The lowest BCUT2D eigenvalue weighted by atomic mass is 9.85. The van der Waals surface area contributed by atoms with Gasteiger partial charge < -0.3 is 4.98 Å². The Morgan fingerprint density at radius 2 is 1.98 bits per heavy atom. The second kappa shape index (κ2) is 9.35. The topological polar surface area (TPSA) is 104 Å². The number of halogens is 3. The van der Waals surface area contributed by atoms with Gasteiger partial charge in [0.1, 0.15) is 10.6 Å². The number of aromatic nitrogens is 3. The number of nitrogens with one attached hydrogen (secondary N) is 2. The Balaban J connectivity index is 1.79. The van der Waals surface area contributed by atoms with Crippen LogP contribution in [0.2, 0.25) is 0 Å². The Morgan fingerprint density at radius 3 is 2.62 bits per heavy atom. The number of aryl methyl sites for hydroxylation is 1. The van der Waals surface area contributed by atoms with Gasteiger partial charge in [0.2, 0.25) is 10.0 Å². The minimum absolute atomic E-state index is 0.128. The highest BCUT2D eigenvalue weighted by atomic mass is 32.2. The van der Waals surface area contributed by atoms with E-state index in [9.17, 15) is 13.7 Å². The molecule has 2 N–H and O–H groups in total. The van der Waals surface area contributed by atoms with Crippen LogP contribution in [0.1, 0.15) is 49.2 Å². The summed E-state index contributed by atoms with van der Waals surface area (Å²) in [7, 11) is -2.89. The third kappa shape index (κ3) is 3.89. The first-order chi connectivity index (χ1) is 18.8. The number of alkyl halides is 3. The van der Waals surface area contributed by atoms with Crippen molar-refractivity contribution in [3.8, 4) is 6.07 Å². The van der Waals surface area contributed by atoms with E-state index in [0.717, 1.165) is 9.55 Å². The summed E-state index contributed by atoms with van der Waals surface area (Å²) >= 11 is 0. The molecule has 5 rings (SSSR count). The fraction of sp³-hybridized carbons (Fsp3) is 0.310. The zero-order chi connectivity index (χ0) is 29.1. The molecule has 0 amide bonds. The molecule has 4 aromatic rings. The van der Waals surface area contributed by atoms with Gasteiger partial charge in [0.05, 0.1) is 28.2 Å². The normalized spacial score (nSPS) is 19.5. The zero-order valence-electron chi connectivity index (χ0n) is 22.4. The molecule has 208 valence electrons. The second-order valence-electron chi connectivity index (χ2n) is 10.2. The first-order valence-corrected chi connectivity index (χ1v) is 14.2. The lowest BCUT2D eigenvalue weighted by Crippen LogP contribution is -2.54. The molecule has 2 aromatic heterocycles. The monoisotopic (exact) mass is 567 g/mol. The van der Waals surface area contributed by atoms with Gasteiger partial charge in [-0.15, -0.1) is 0 Å². The number of imidazole rings is 1. The van der Waals surface area contributed by atoms with E-state index in [0.29, 0.717) is 12.0 Å². The molecule has 0 fully saturated rings. The van der Waals surface area contributed by atoms with Gasteiger partial charge in [0, 0.05) is 11.6 Å². The number of nitrogens with zero attached hydrogens (tertiary/aromatic N) is 3. The Kier molecular flexibility index (Phi) is 6.47. The number of fused-ring (bicyclic) bond motifs is 2. The molecule has 0 saturated carbocycles. The maximum absolute atomic E-state index is 15.2. The largest absolute Gasteiger partial charge is 0.418 e. The molecule has 1 aliphatic carbocycles. The number of rotatable bonds is 6. The molecular weight excluding hydrogens is 539 g/mol. The predicted molar refractivity (Wildman–Crippen MR) is 148 cm³/mol. The Morgan fingerprint density at radius 1 is 1.23 bits per heavy atom. The van der Waals surface area contributed by atoms with Crippen LogP contribution in [-0.2, 0) is 15.6 Å². The van der Waals surface area contributed by atoms with Gasteiger partial charge in [-0.05, 0) is 69.1 Å². The maximum Gasteiger partial charge on any atom is 0.418 e. The van der Waals surface area contributed by atoms with Gasteiger partial charge in [0.25, 0.3) is 0 Å². The van der Waals surface area contributed by atoms with Crippen LogP contribution >= 0.6 is 0 Å². The third-order valence-corrected chi connectivity index (χ3v) is 10.1. The first kappa shape index (κ1) is 27.7. The Bertz CT molecular complexity index is 1860. The van der Waals surface area contributed by atoms with Gasteiger partial charge in [0.15, 0.2) is 5.54 Å². The fourth-order valence-electron chi connectivity index (χ4n) is 5.56. The molecule has 1 aliphatic rings. The lowest BCUT2D eigenvalue weighted by Gasteiger charge is -2.35. The van der Waals surface area contributed by atoms with E-state index in [1.807, 2.05) is 25.1 Å². The molecule has 0 saturated heterocycles. The van der Waals surface area contributed by atoms with Crippen LogP contribution in [0.3, 0.4) is 0 Å². The average Bonchev–Trinajstić information content (AvgIpc) is 3.55. The molecular formula is C29H28F3N5O2S.